The molecule has 0 fully saturated rings. The molecular weight excluding hydrogens is 252 g/mol. The molecule has 2 N–H and O–H groups in total. The van der Waals surface area contributed by atoms with Crippen LogP contribution in [0.2, 0.25) is 0 Å². The number of benzene rings is 1. The number of nitrogens with one attached hydrogen (secondary N) is 1. The number of hydrogen-bond donors (Lipinski definition) is 2. The predicted octanol–water partition coefficient (Wildman–Crippen LogP) is 0.412. The Labute approximate surface area is 109 Å². The number of aromatic carboxylic acids is 1. The molecular formula is C12H12N2O5. The lowest BCUT2D eigenvalue weighted by atomic mass is 10.2. The number of carbonyl (C=O) groups excluding carboxylic acids is 1. The first-order valence-electron chi connectivity index (χ1n) is 5.26. The minimum absolute atomic E-state index is 0.0559. The van der Waals surface area contributed by atoms with E-state index < -0.39 is 11.9 Å². The Bertz CT molecular complexity index is 521. The molecule has 1 aromatic rings. The van der Waals surface area contributed by atoms with Gasteiger partial charge in [-0.3, -0.25) is 4.79 Å². The number of methoxy groups -OCH3 is 1. The Hall–Kier alpha value is -2.75. The molecule has 0 bridgehead atoms. The number of hydrogen-bond acceptors (Lipinski definition) is 5. The number of carboxylic acids is 1. The van der Waals surface area contributed by atoms with Gasteiger partial charge in [0.05, 0.1) is 13.2 Å². The van der Waals surface area contributed by atoms with Crippen molar-refractivity contribution in [1.82, 2.24) is 5.32 Å². The molecule has 0 unspecified atom stereocenters. The van der Waals surface area contributed by atoms with Crippen LogP contribution in [0.3, 0.4) is 0 Å². The van der Waals surface area contributed by atoms with E-state index >= 15 is 0 Å². The lowest BCUT2D eigenvalue weighted by molar-refractivity contribution is -0.122. The van der Waals surface area contributed by atoms with Crippen molar-refractivity contribution in [2.24, 2.45) is 0 Å². The van der Waals surface area contributed by atoms with Gasteiger partial charge < -0.3 is 19.9 Å². The molecule has 1 aromatic carbocycles. The van der Waals surface area contributed by atoms with Gasteiger partial charge in [0.15, 0.2) is 6.61 Å². The fraction of sp³-hybridized carbons (Fsp3) is 0.250. The van der Waals surface area contributed by atoms with Gasteiger partial charge in [0, 0.05) is 0 Å². The summed E-state index contributed by atoms with van der Waals surface area (Å²) in [6.07, 6.45) is 0. The van der Waals surface area contributed by atoms with Gasteiger partial charge in [-0.2, -0.15) is 5.26 Å². The Morgan fingerprint density at radius 2 is 2.21 bits per heavy atom. The normalized spacial score (nSPS) is 9.26. The van der Waals surface area contributed by atoms with Crippen molar-refractivity contribution in [3.63, 3.8) is 0 Å². The van der Waals surface area contributed by atoms with E-state index in [-0.39, 0.29) is 24.5 Å². The first-order chi connectivity index (χ1) is 9.08. The standard InChI is InChI=1S/C12H12N2O5/c1-18-8-2-3-10(9(6-8)12(16)17)19-7-11(15)14-5-4-13/h2-3,6H,5,7H2,1H3,(H,14,15)(H,16,17). The molecule has 100 valence electrons. The SMILES string of the molecule is COc1ccc(OCC(=O)NCC#N)c(C(=O)O)c1. The minimum Gasteiger partial charge on any atom is -0.497 e. The van der Waals surface area contributed by atoms with Gasteiger partial charge in [0.25, 0.3) is 5.91 Å². The lowest BCUT2D eigenvalue weighted by Gasteiger charge is -2.10. The van der Waals surface area contributed by atoms with Crippen molar-refractivity contribution in [1.29, 1.82) is 5.26 Å². The number of amides is 1. The quantitative estimate of drug-likeness (QED) is 0.720. The maximum absolute atomic E-state index is 11.2. The van der Waals surface area contributed by atoms with Crippen LogP contribution in [-0.2, 0) is 4.79 Å². The van der Waals surface area contributed by atoms with Crippen LogP contribution in [0.1, 0.15) is 10.4 Å². The summed E-state index contributed by atoms with van der Waals surface area (Å²) in [5, 5.41) is 19.6. The second-order valence-corrected chi connectivity index (χ2v) is 3.39. The zero-order valence-electron chi connectivity index (χ0n) is 10.2. The van der Waals surface area contributed by atoms with E-state index in [0.717, 1.165) is 0 Å². The first kappa shape index (κ1) is 14.3. The van der Waals surface area contributed by atoms with Crippen LogP contribution >= 0.6 is 0 Å². The maximum atomic E-state index is 11.2. The Kier molecular flexibility index (Phi) is 5.17. The average molecular weight is 264 g/mol. The van der Waals surface area contributed by atoms with Gasteiger partial charge in [-0.1, -0.05) is 0 Å². The van der Waals surface area contributed by atoms with E-state index in [0.29, 0.717) is 5.75 Å². The van der Waals surface area contributed by atoms with Gasteiger partial charge in [0.2, 0.25) is 0 Å². The molecule has 7 heteroatoms. The molecule has 0 radical (unpaired) electrons. The lowest BCUT2D eigenvalue weighted by Crippen LogP contribution is -2.29. The van der Waals surface area contributed by atoms with Crippen molar-refractivity contribution < 1.29 is 24.2 Å². The molecule has 19 heavy (non-hydrogen) atoms. The highest BCUT2D eigenvalue weighted by Gasteiger charge is 2.14. The first-order valence-corrected chi connectivity index (χ1v) is 5.26. The van der Waals surface area contributed by atoms with Crippen LogP contribution in [0.15, 0.2) is 18.2 Å². The molecule has 0 aliphatic heterocycles. The third-order valence-electron chi connectivity index (χ3n) is 2.14. The summed E-state index contributed by atoms with van der Waals surface area (Å²) >= 11 is 0. The summed E-state index contributed by atoms with van der Waals surface area (Å²) in [6.45, 7) is -0.495. The molecule has 0 aliphatic carbocycles. The Balaban J connectivity index is 2.75. The zero-order valence-corrected chi connectivity index (χ0v) is 10.2. The van der Waals surface area contributed by atoms with Crippen LogP contribution < -0.4 is 14.8 Å². The van der Waals surface area contributed by atoms with Crippen LogP contribution in [0.4, 0.5) is 0 Å². The highest BCUT2D eigenvalue weighted by molar-refractivity contribution is 5.91. The van der Waals surface area contributed by atoms with Crippen LogP contribution in [-0.4, -0.2) is 37.2 Å². The van der Waals surface area contributed by atoms with Gasteiger partial charge >= 0.3 is 5.97 Å². The van der Waals surface area contributed by atoms with Crippen LogP contribution in [0.25, 0.3) is 0 Å². The third-order valence-corrected chi connectivity index (χ3v) is 2.14. The summed E-state index contributed by atoms with van der Waals surface area (Å²) in [7, 11) is 1.41. The molecule has 0 aromatic heterocycles. The van der Waals surface area contributed by atoms with Crippen LogP contribution in [0.5, 0.6) is 11.5 Å². The number of ether oxygens (including phenoxy) is 2. The fourth-order valence-electron chi connectivity index (χ4n) is 1.26. The molecule has 0 aliphatic rings. The Morgan fingerprint density at radius 1 is 1.47 bits per heavy atom. The highest BCUT2D eigenvalue weighted by atomic mass is 16.5. The van der Waals surface area contributed by atoms with Crippen molar-refractivity contribution in [3.8, 4) is 17.6 Å². The zero-order chi connectivity index (χ0) is 14.3. The maximum Gasteiger partial charge on any atom is 0.339 e. The van der Waals surface area contributed by atoms with E-state index in [1.54, 1.807) is 6.07 Å². The topological polar surface area (TPSA) is 109 Å². The van der Waals surface area contributed by atoms with Crippen molar-refractivity contribution in [2.75, 3.05) is 20.3 Å². The second-order valence-electron chi connectivity index (χ2n) is 3.39. The molecule has 1 rings (SSSR count). The van der Waals surface area contributed by atoms with Gasteiger partial charge in [-0.25, -0.2) is 4.79 Å². The molecule has 0 atom stereocenters. The third kappa shape index (κ3) is 4.20. The van der Waals surface area contributed by atoms with Crippen molar-refractivity contribution in [3.05, 3.63) is 23.8 Å². The molecule has 0 heterocycles. The number of nitriles is 1. The summed E-state index contributed by atoms with van der Waals surface area (Å²) < 4.78 is 10.0. The predicted molar refractivity (Wildman–Crippen MR) is 64.1 cm³/mol. The molecule has 0 spiro atoms. The summed E-state index contributed by atoms with van der Waals surface area (Å²) in [5.74, 6) is -1.26. The van der Waals surface area contributed by atoms with Gasteiger partial charge in [0.1, 0.15) is 23.6 Å². The highest BCUT2D eigenvalue weighted by Crippen LogP contribution is 2.24. The number of carboxylic acid groups (broad SMARTS) is 1. The average Bonchev–Trinajstić information content (AvgIpc) is 2.42. The van der Waals surface area contributed by atoms with Crippen molar-refractivity contribution >= 4 is 11.9 Å². The van der Waals surface area contributed by atoms with Crippen molar-refractivity contribution in [2.45, 2.75) is 0 Å². The van der Waals surface area contributed by atoms with E-state index in [1.165, 1.54) is 25.3 Å². The van der Waals surface area contributed by atoms with E-state index in [9.17, 15) is 9.59 Å². The minimum atomic E-state index is -1.19. The molecule has 0 saturated heterocycles. The number of nitrogens with zero attached hydrogens (tertiary/aromatic N) is 1. The smallest absolute Gasteiger partial charge is 0.339 e. The number of carbonyl (C=O) groups is 2. The molecule has 1 amide bonds. The van der Waals surface area contributed by atoms with E-state index in [4.69, 9.17) is 19.8 Å². The Morgan fingerprint density at radius 3 is 2.79 bits per heavy atom. The van der Waals surface area contributed by atoms with Gasteiger partial charge in [-0.05, 0) is 18.2 Å². The summed E-state index contributed by atoms with van der Waals surface area (Å²) in [5.41, 5.74) is -0.104. The number of rotatable bonds is 6. The van der Waals surface area contributed by atoms with E-state index in [2.05, 4.69) is 5.32 Å². The van der Waals surface area contributed by atoms with Crippen LogP contribution in [0, 0.1) is 11.3 Å². The molecule has 7 nitrogen and oxygen atoms in total. The second kappa shape index (κ2) is 6.86. The van der Waals surface area contributed by atoms with E-state index in [1.807, 2.05) is 0 Å². The van der Waals surface area contributed by atoms with Gasteiger partial charge in [-0.15, -0.1) is 0 Å². The molecule has 0 saturated carbocycles. The fourth-order valence-corrected chi connectivity index (χ4v) is 1.26. The summed E-state index contributed by atoms with van der Waals surface area (Å²) in [6, 6.07) is 5.97. The monoisotopic (exact) mass is 264 g/mol. The largest absolute Gasteiger partial charge is 0.497 e. The summed E-state index contributed by atoms with van der Waals surface area (Å²) in [4.78, 5) is 22.2.